The van der Waals surface area contributed by atoms with Crippen LogP contribution in [0.2, 0.25) is 0 Å². The number of hydrogen-bond acceptors (Lipinski definition) is 6. The van der Waals surface area contributed by atoms with Gasteiger partial charge in [0.1, 0.15) is 18.6 Å². The molecular weight excluding hydrogens is 288 g/mol. The Morgan fingerprint density at radius 1 is 1.45 bits per heavy atom. The summed E-state index contributed by atoms with van der Waals surface area (Å²) in [5, 5.41) is 6.27. The van der Waals surface area contributed by atoms with Gasteiger partial charge < -0.3 is 19.0 Å². The van der Waals surface area contributed by atoms with Crippen LogP contribution < -0.4 is 10.1 Å². The summed E-state index contributed by atoms with van der Waals surface area (Å²) in [5.74, 6) is 0.970. The smallest absolute Gasteiger partial charge is 0.413 e. The lowest BCUT2D eigenvalue weighted by Crippen LogP contribution is -2.11. The molecular formula is C14H14N4O4. The largest absolute Gasteiger partial charge is 0.489 e. The molecule has 0 bridgehead atoms. The van der Waals surface area contributed by atoms with Gasteiger partial charge in [-0.25, -0.2) is 9.78 Å². The second kappa shape index (κ2) is 5.76. The average molecular weight is 302 g/mol. The zero-order chi connectivity index (χ0) is 15.5. The number of ether oxygens (including phenoxy) is 2. The Bertz CT molecular complexity index is 808. The third-order valence-electron chi connectivity index (χ3n) is 3.10. The topological polar surface area (TPSA) is 102 Å². The van der Waals surface area contributed by atoms with E-state index in [0.717, 1.165) is 16.8 Å². The van der Waals surface area contributed by atoms with Crippen molar-refractivity contribution in [3.05, 3.63) is 35.7 Å². The fraction of sp³-hybridized carbons (Fsp3) is 0.214. The summed E-state index contributed by atoms with van der Waals surface area (Å²) in [6.07, 6.45) is 0.972. The van der Waals surface area contributed by atoms with Gasteiger partial charge in [-0.2, -0.15) is 0 Å². The molecule has 22 heavy (non-hydrogen) atoms. The Morgan fingerprint density at radius 3 is 3.05 bits per heavy atom. The van der Waals surface area contributed by atoms with Gasteiger partial charge in [-0.3, -0.25) is 5.32 Å². The molecule has 0 aliphatic heterocycles. The van der Waals surface area contributed by atoms with Crippen LogP contribution >= 0.6 is 0 Å². The van der Waals surface area contributed by atoms with Gasteiger partial charge >= 0.3 is 6.09 Å². The average Bonchev–Trinajstić information content (AvgIpc) is 3.09. The van der Waals surface area contributed by atoms with Crippen LogP contribution in [0, 0.1) is 6.92 Å². The summed E-state index contributed by atoms with van der Waals surface area (Å²) < 4.78 is 15.1. The summed E-state index contributed by atoms with van der Waals surface area (Å²) in [7, 11) is 1.29. The Hall–Kier alpha value is -3.03. The lowest BCUT2D eigenvalue weighted by atomic mass is 10.3. The second-order valence-corrected chi connectivity index (χ2v) is 4.59. The van der Waals surface area contributed by atoms with E-state index < -0.39 is 6.09 Å². The summed E-state index contributed by atoms with van der Waals surface area (Å²) in [4.78, 5) is 18.4. The van der Waals surface area contributed by atoms with E-state index in [1.165, 1.54) is 7.11 Å². The maximum atomic E-state index is 11.2. The first kappa shape index (κ1) is 13.9. The second-order valence-electron chi connectivity index (χ2n) is 4.59. The molecule has 114 valence electrons. The minimum atomic E-state index is -0.585. The number of hydrogen-bond donors (Lipinski definition) is 2. The Kier molecular flexibility index (Phi) is 3.65. The molecule has 1 aromatic carbocycles. The number of amides is 1. The van der Waals surface area contributed by atoms with E-state index in [0.29, 0.717) is 23.8 Å². The molecule has 0 radical (unpaired) electrons. The highest BCUT2D eigenvalue weighted by Crippen LogP contribution is 2.22. The van der Waals surface area contributed by atoms with Crippen LogP contribution in [0.1, 0.15) is 11.3 Å². The zero-order valence-corrected chi connectivity index (χ0v) is 12.0. The predicted molar refractivity (Wildman–Crippen MR) is 77.7 cm³/mol. The van der Waals surface area contributed by atoms with Gasteiger partial charge in [0.05, 0.1) is 29.4 Å². The first-order valence-electron chi connectivity index (χ1n) is 6.53. The van der Waals surface area contributed by atoms with E-state index in [2.05, 4.69) is 25.2 Å². The highest BCUT2D eigenvalue weighted by molar-refractivity contribution is 5.86. The number of carbonyl (C=O) groups excluding carboxylic acids is 1. The Morgan fingerprint density at radius 2 is 2.32 bits per heavy atom. The number of aryl methyl sites for hydroxylation is 1. The zero-order valence-electron chi connectivity index (χ0n) is 12.0. The number of nitrogens with one attached hydrogen (secondary N) is 2. The number of nitrogens with zero attached hydrogens (tertiary/aromatic N) is 2. The number of H-pyrrole nitrogens is 1. The normalized spacial score (nSPS) is 10.6. The van der Waals surface area contributed by atoms with Crippen molar-refractivity contribution in [2.75, 3.05) is 12.4 Å². The lowest BCUT2D eigenvalue weighted by Gasteiger charge is -2.04. The van der Waals surface area contributed by atoms with Gasteiger partial charge in [-0.15, -0.1) is 0 Å². The third kappa shape index (κ3) is 2.85. The number of methoxy groups -OCH3 is 1. The molecule has 2 N–H and O–H groups in total. The number of fused-ring (bicyclic) bond motifs is 1. The third-order valence-corrected chi connectivity index (χ3v) is 3.10. The van der Waals surface area contributed by atoms with Crippen LogP contribution in [0.5, 0.6) is 5.75 Å². The van der Waals surface area contributed by atoms with Crippen LogP contribution in [0.4, 0.5) is 10.7 Å². The van der Waals surface area contributed by atoms with Gasteiger partial charge in [0.15, 0.2) is 0 Å². The fourth-order valence-electron chi connectivity index (χ4n) is 1.89. The van der Waals surface area contributed by atoms with Crippen molar-refractivity contribution in [2.45, 2.75) is 13.5 Å². The molecule has 0 unspecified atom stereocenters. The fourth-order valence-corrected chi connectivity index (χ4v) is 1.89. The first-order chi connectivity index (χ1) is 10.7. The SMILES string of the molecule is COC(=O)Nc1nc2cc(OCc3conc3C)ccc2[nH]1. The van der Waals surface area contributed by atoms with E-state index in [1.54, 1.807) is 12.3 Å². The molecule has 8 heteroatoms. The minimum absolute atomic E-state index is 0.314. The van der Waals surface area contributed by atoms with Gasteiger partial charge in [0.25, 0.3) is 0 Å². The highest BCUT2D eigenvalue weighted by Gasteiger charge is 2.08. The van der Waals surface area contributed by atoms with E-state index in [1.807, 2.05) is 19.1 Å². The van der Waals surface area contributed by atoms with Crippen LogP contribution in [-0.2, 0) is 11.3 Å². The lowest BCUT2D eigenvalue weighted by molar-refractivity contribution is 0.186. The molecule has 3 aromatic rings. The van der Waals surface area contributed by atoms with Gasteiger partial charge in [-0.05, 0) is 19.1 Å². The summed E-state index contributed by atoms with van der Waals surface area (Å²) in [6, 6.07) is 5.41. The number of anilines is 1. The molecule has 2 aromatic heterocycles. The van der Waals surface area contributed by atoms with Crippen molar-refractivity contribution >= 4 is 23.1 Å². The van der Waals surface area contributed by atoms with Crippen LogP contribution in [-0.4, -0.2) is 28.3 Å². The number of carbonyl (C=O) groups is 1. The standard InChI is InChI=1S/C14H14N4O4/c1-8-9(7-22-18-8)6-21-10-3-4-11-12(5-10)16-13(15-11)17-14(19)20-2/h3-5,7H,6H2,1-2H3,(H2,15,16,17,19). The summed E-state index contributed by atoms with van der Waals surface area (Å²) >= 11 is 0. The maximum Gasteiger partial charge on any atom is 0.413 e. The molecule has 0 spiro atoms. The summed E-state index contributed by atoms with van der Waals surface area (Å²) in [6.45, 7) is 2.21. The van der Waals surface area contributed by atoms with Crippen molar-refractivity contribution in [1.82, 2.24) is 15.1 Å². The summed E-state index contributed by atoms with van der Waals surface area (Å²) in [5.41, 5.74) is 3.13. The molecule has 0 fully saturated rings. The molecule has 3 rings (SSSR count). The molecule has 2 heterocycles. The van der Waals surface area contributed by atoms with Gasteiger partial charge in [0.2, 0.25) is 5.95 Å². The van der Waals surface area contributed by atoms with Crippen molar-refractivity contribution in [2.24, 2.45) is 0 Å². The number of aromatic amines is 1. The highest BCUT2D eigenvalue weighted by atomic mass is 16.5. The van der Waals surface area contributed by atoms with E-state index in [-0.39, 0.29) is 0 Å². The molecule has 0 saturated heterocycles. The van der Waals surface area contributed by atoms with E-state index in [9.17, 15) is 4.79 Å². The number of aromatic nitrogens is 3. The molecule has 0 aliphatic carbocycles. The number of rotatable bonds is 4. The van der Waals surface area contributed by atoms with E-state index in [4.69, 9.17) is 9.26 Å². The van der Waals surface area contributed by atoms with Crippen molar-refractivity contribution in [3.63, 3.8) is 0 Å². The van der Waals surface area contributed by atoms with Crippen molar-refractivity contribution in [1.29, 1.82) is 0 Å². The quantitative estimate of drug-likeness (QED) is 0.768. The Labute approximate surface area is 125 Å². The van der Waals surface area contributed by atoms with Gasteiger partial charge in [0, 0.05) is 6.07 Å². The van der Waals surface area contributed by atoms with E-state index >= 15 is 0 Å². The monoisotopic (exact) mass is 302 g/mol. The van der Waals surface area contributed by atoms with Crippen LogP contribution in [0.25, 0.3) is 11.0 Å². The molecule has 0 atom stereocenters. The molecule has 8 nitrogen and oxygen atoms in total. The molecule has 1 amide bonds. The van der Waals surface area contributed by atoms with Crippen molar-refractivity contribution < 1.29 is 18.8 Å². The number of imidazole rings is 1. The van der Waals surface area contributed by atoms with Crippen LogP contribution in [0.3, 0.4) is 0 Å². The molecule has 0 aliphatic rings. The van der Waals surface area contributed by atoms with Crippen molar-refractivity contribution in [3.8, 4) is 5.75 Å². The molecule has 0 saturated carbocycles. The number of benzene rings is 1. The van der Waals surface area contributed by atoms with Gasteiger partial charge in [-0.1, -0.05) is 5.16 Å². The minimum Gasteiger partial charge on any atom is -0.489 e. The Balaban J connectivity index is 1.74. The van der Waals surface area contributed by atoms with Crippen LogP contribution in [0.15, 0.2) is 29.0 Å². The predicted octanol–water partition coefficient (Wildman–Crippen LogP) is 2.62. The first-order valence-corrected chi connectivity index (χ1v) is 6.53. The maximum absolute atomic E-state index is 11.2.